The first kappa shape index (κ1) is 14.0. The molecule has 0 fully saturated rings. The second kappa shape index (κ2) is 6.21. The van der Waals surface area contributed by atoms with Crippen LogP contribution in [-0.4, -0.2) is 7.11 Å². The summed E-state index contributed by atoms with van der Waals surface area (Å²) in [6.45, 7) is 2.22. The third-order valence-electron chi connectivity index (χ3n) is 4.35. The van der Waals surface area contributed by atoms with E-state index in [4.69, 9.17) is 4.74 Å². The van der Waals surface area contributed by atoms with E-state index < -0.39 is 0 Å². The zero-order valence-corrected chi connectivity index (χ0v) is 12.9. The molecule has 0 heterocycles. The van der Waals surface area contributed by atoms with Gasteiger partial charge < -0.3 is 10.1 Å². The molecule has 1 aliphatic rings. The highest BCUT2D eigenvalue weighted by atomic mass is 16.5. The molecule has 0 saturated carbocycles. The van der Waals surface area contributed by atoms with E-state index >= 15 is 0 Å². The minimum atomic E-state index is 0.311. The van der Waals surface area contributed by atoms with Gasteiger partial charge in [0.2, 0.25) is 0 Å². The van der Waals surface area contributed by atoms with Crippen LogP contribution < -0.4 is 10.1 Å². The summed E-state index contributed by atoms with van der Waals surface area (Å²) in [5, 5.41) is 3.56. The summed E-state index contributed by atoms with van der Waals surface area (Å²) in [6, 6.07) is 15.4. The zero-order valence-electron chi connectivity index (χ0n) is 12.9. The van der Waals surface area contributed by atoms with Crippen molar-refractivity contribution in [3.05, 3.63) is 59.2 Å². The second-order valence-corrected chi connectivity index (χ2v) is 5.83. The Morgan fingerprint density at radius 2 is 1.67 bits per heavy atom. The predicted octanol–water partition coefficient (Wildman–Crippen LogP) is 4.75. The molecular formula is C19H23NO. The first-order valence-corrected chi connectivity index (χ1v) is 7.78. The van der Waals surface area contributed by atoms with Crippen molar-refractivity contribution in [1.29, 1.82) is 0 Å². The molecule has 1 unspecified atom stereocenters. The molecule has 0 aromatic heterocycles. The molecule has 0 amide bonds. The Kier molecular flexibility index (Phi) is 4.14. The molecule has 21 heavy (non-hydrogen) atoms. The van der Waals surface area contributed by atoms with E-state index in [0.717, 1.165) is 11.4 Å². The number of benzene rings is 2. The molecule has 1 atom stereocenters. The highest BCUT2D eigenvalue weighted by molar-refractivity contribution is 5.48. The van der Waals surface area contributed by atoms with Gasteiger partial charge in [-0.3, -0.25) is 0 Å². The largest absolute Gasteiger partial charge is 0.497 e. The number of hydrogen-bond donors (Lipinski definition) is 1. The number of nitrogens with one attached hydrogen (secondary N) is 1. The Hall–Kier alpha value is -1.96. The number of fused-ring (bicyclic) bond motifs is 1. The Morgan fingerprint density at radius 3 is 2.38 bits per heavy atom. The fourth-order valence-corrected chi connectivity index (χ4v) is 3.04. The summed E-state index contributed by atoms with van der Waals surface area (Å²) in [4.78, 5) is 0. The minimum absolute atomic E-state index is 0.311. The molecule has 1 N–H and O–H groups in total. The van der Waals surface area contributed by atoms with E-state index in [1.54, 1.807) is 18.2 Å². The van der Waals surface area contributed by atoms with Gasteiger partial charge in [0.1, 0.15) is 5.75 Å². The number of methoxy groups -OCH3 is 1. The predicted molar refractivity (Wildman–Crippen MR) is 88.1 cm³/mol. The van der Waals surface area contributed by atoms with Crippen molar-refractivity contribution in [3.8, 4) is 5.75 Å². The highest BCUT2D eigenvalue weighted by Crippen LogP contribution is 2.27. The first-order valence-electron chi connectivity index (χ1n) is 7.78. The molecule has 110 valence electrons. The molecule has 0 aliphatic heterocycles. The van der Waals surface area contributed by atoms with Crippen molar-refractivity contribution in [1.82, 2.24) is 0 Å². The second-order valence-electron chi connectivity index (χ2n) is 5.83. The smallest absolute Gasteiger partial charge is 0.119 e. The topological polar surface area (TPSA) is 21.3 Å². The van der Waals surface area contributed by atoms with Gasteiger partial charge in [-0.2, -0.15) is 0 Å². The summed E-state index contributed by atoms with van der Waals surface area (Å²) in [5.74, 6) is 0.891. The van der Waals surface area contributed by atoms with Crippen LogP contribution in [0, 0.1) is 0 Å². The van der Waals surface area contributed by atoms with E-state index in [-0.39, 0.29) is 0 Å². The summed E-state index contributed by atoms with van der Waals surface area (Å²) in [5.41, 5.74) is 5.58. The highest BCUT2D eigenvalue weighted by Gasteiger charge is 2.12. The Bertz CT molecular complexity index is 603. The number of ether oxygens (including phenoxy) is 1. The van der Waals surface area contributed by atoms with Crippen LogP contribution in [0.2, 0.25) is 0 Å². The van der Waals surface area contributed by atoms with Crippen LogP contribution in [0.15, 0.2) is 42.5 Å². The lowest BCUT2D eigenvalue weighted by molar-refractivity contribution is 0.415. The number of anilines is 1. The van der Waals surface area contributed by atoms with E-state index in [2.05, 4.69) is 42.6 Å². The molecule has 2 aromatic carbocycles. The third kappa shape index (κ3) is 3.21. The van der Waals surface area contributed by atoms with Crippen LogP contribution in [0.4, 0.5) is 5.69 Å². The van der Waals surface area contributed by atoms with Gasteiger partial charge in [0.25, 0.3) is 0 Å². The van der Waals surface area contributed by atoms with Gasteiger partial charge in [-0.15, -0.1) is 0 Å². The van der Waals surface area contributed by atoms with Crippen LogP contribution in [-0.2, 0) is 12.8 Å². The van der Waals surface area contributed by atoms with Gasteiger partial charge in [-0.1, -0.05) is 18.2 Å². The third-order valence-corrected chi connectivity index (χ3v) is 4.35. The van der Waals surface area contributed by atoms with Gasteiger partial charge in [-0.25, -0.2) is 0 Å². The quantitative estimate of drug-likeness (QED) is 0.873. The Labute approximate surface area is 127 Å². The minimum Gasteiger partial charge on any atom is -0.497 e. The summed E-state index contributed by atoms with van der Waals surface area (Å²) >= 11 is 0. The van der Waals surface area contributed by atoms with Gasteiger partial charge in [0.15, 0.2) is 0 Å². The average molecular weight is 281 g/mol. The van der Waals surface area contributed by atoms with Crippen molar-refractivity contribution in [3.63, 3.8) is 0 Å². The van der Waals surface area contributed by atoms with Crippen molar-refractivity contribution < 1.29 is 4.74 Å². The molecule has 2 heteroatoms. The van der Waals surface area contributed by atoms with Gasteiger partial charge in [0, 0.05) is 11.7 Å². The molecule has 2 nitrogen and oxygen atoms in total. The summed E-state index contributed by atoms with van der Waals surface area (Å²) in [7, 11) is 1.69. The molecular weight excluding hydrogens is 258 g/mol. The summed E-state index contributed by atoms with van der Waals surface area (Å²) < 4.78 is 5.19. The van der Waals surface area contributed by atoms with E-state index in [0.29, 0.717) is 6.04 Å². The van der Waals surface area contributed by atoms with Gasteiger partial charge >= 0.3 is 0 Å². The Balaban J connectivity index is 1.73. The lowest BCUT2D eigenvalue weighted by Gasteiger charge is -2.20. The molecule has 0 saturated heterocycles. The van der Waals surface area contributed by atoms with Crippen LogP contribution in [0.1, 0.15) is 42.5 Å². The maximum Gasteiger partial charge on any atom is 0.119 e. The van der Waals surface area contributed by atoms with E-state index in [1.165, 1.54) is 31.2 Å². The molecule has 0 radical (unpaired) electrons. The molecule has 3 rings (SSSR count). The molecule has 2 aromatic rings. The lowest BCUT2D eigenvalue weighted by Crippen LogP contribution is -2.09. The SMILES string of the molecule is COc1ccc(NC(C)c2ccc3c(c2)CCCC3)cc1. The van der Waals surface area contributed by atoms with Crippen LogP contribution >= 0.6 is 0 Å². The van der Waals surface area contributed by atoms with Crippen LogP contribution in [0.25, 0.3) is 0 Å². The standard InChI is InChI=1S/C19H23NO/c1-14(20-18-9-11-19(21-2)12-10-18)16-8-7-15-5-3-4-6-17(15)13-16/h7-14,20H,3-6H2,1-2H3. The normalized spacial score (nSPS) is 15.1. The molecule has 0 bridgehead atoms. The van der Waals surface area contributed by atoms with Gasteiger partial charge in [0.05, 0.1) is 7.11 Å². The van der Waals surface area contributed by atoms with E-state index in [9.17, 15) is 0 Å². The van der Waals surface area contributed by atoms with Crippen molar-refractivity contribution in [2.45, 2.75) is 38.6 Å². The molecule has 0 spiro atoms. The van der Waals surface area contributed by atoms with Crippen LogP contribution in [0.5, 0.6) is 5.75 Å². The Morgan fingerprint density at radius 1 is 0.952 bits per heavy atom. The van der Waals surface area contributed by atoms with Crippen molar-refractivity contribution in [2.24, 2.45) is 0 Å². The number of rotatable bonds is 4. The maximum atomic E-state index is 5.19. The molecule has 1 aliphatic carbocycles. The maximum absolute atomic E-state index is 5.19. The number of aryl methyl sites for hydroxylation is 2. The van der Waals surface area contributed by atoms with Crippen LogP contribution in [0.3, 0.4) is 0 Å². The van der Waals surface area contributed by atoms with Crippen molar-refractivity contribution >= 4 is 5.69 Å². The van der Waals surface area contributed by atoms with E-state index in [1.807, 2.05) is 12.1 Å². The van der Waals surface area contributed by atoms with Crippen molar-refractivity contribution in [2.75, 3.05) is 12.4 Å². The summed E-state index contributed by atoms with van der Waals surface area (Å²) in [6.07, 6.45) is 5.15. The fraction of sp³-hybridized carbons (Fsp3) is 0.368. The lowest BCUT2D eigenvalue weighted by atomic mass is 9.89. The zero-order chi connectivity index (χ0) is 14.7. The first-order chi connectivity index (χ1) is 10.3. The number of hydrogen-bond acceptors (Lipinski definition) is 2. The monoisotopic (exact) mass is 281 g/mol. The fourth-order valence-electron chi connectivity index (χ4n) is 3.04. The van der Waals surface area contributed by atoms with Gasteiger partial charge in [-0.05, 0) is 73.6 Å². The average Bonchev–Trinajstić information content (AvgIpc) is 2.55.